The molecule has 4 fully saturated rings. The number of nitrogens with zero attached hydrogens (tertiary/aromatic N) is 2. The minimum absolute atomic E-state index is 0. The molecule has 0 aromatic heterocycles. The summed E-state index contributed by atoms with van der Waals surface area (Å²) in [5.74, 6) is 0. The predicted octanol–water partition coefficient (Wildman–Crippen LogP) is 13.3. The van der Waals surface area contributed by atoms with Crippen LogP contribution in [0.25, 0.3) is 0 Å². The van der Waals surface area contributed by atoms with Crippen molar-refractivity contribution in [1.82, 2.24) is 9.80 Å². The van der Waals surface area contributed by atoms with Gasteiger partial charge in [0.1, 0.15) is 0 Å². The summed E-state index contributed by atoms with van der Waals surface area (Å²) in [7, 11) is 8.76. The summed E-state index contributed by atoms with van der Waals surface area (Å²) < 4.78 is 0. The van der Waals surface area contributed by atoms with Crippen molar-refractivity contribution in [3.8, 4) is 0 Å². The molecule has 0 bridgehead atoms. The van der Waals surface area contributed by atoms with E-state index in [-0.39, 0.29) is 32.9 Å². The van der Waals surface area contributed by atoms with Gasteiger partial charge >= 0.3 is 17.1 Å². The maximum atomic E-state index is 3.72. The smallest absolute Gasteiger partial charge is 0.369 e. The first-order valence-electron chi connectivity index (χ1n) is 22.8. The molecule has 0 N–H and O–H groups in total. The van der Waals surface area contributed by atoms with Crippen LogP contribution in [0.2, 0.25) is 0 Å². The first kappa shape index (κ1) is 45.0. The standard InChI is InChI=1S/2C26H36NP.Fe/c2*1-27(2)26(21-13-6-3-7-14-21)24-19-12-20-25(24)28(22-15-8-4-9-16-22)23-17-10-5-11-18-23;/h3,6-7,13-14,19-20,22-23,26H,4-5,8-11,15-18H2,1-2H3;3,6-7,12-14,20,22-23,26H,4-5,8-11,15-18H2,1-2H3;/q2*-2;+4/t2*26-;/m00./s1. The molecule has 2 nitrogen and oxygen atoms in total. The van der Waals surface area contributed by atoms with Crippen LogP contribution >= 0.6 is 15.8 Å². The van der Waals surface area contributed by atoms with Crippen LogP contribution < -0.4 is 10.6 Å². The monoisotopic (exact) mass is 842 g/mol. The average molecular weight is 843 g/mol. The quantitative estimate of drug-likeness (QED) is 0.0796. The molecule has 4 aliphatic rings. The zero-order valence-corrected chi connectivity index (χ0v) is 38.7. The summed E-state index contributed by atoms with van der Waals surface area (Å²) in [4.78, 5) is 4.79. The summed E-state index contributed by atoms with van der Waals surface area (Å²) in [6.07, 6.45) is 29.1. The van der Waals surface area contributed by atoms with Crippen molar-refractivity contribution in [1.29, 1.82) is 0 Å². The van der Waals surface area contributed by atoms with Crippen molar-refractivity contribution in [2.75, 3.05) is 28.2 Å². The van der Waals surface area contributed by atoms with Gasteiger partial charge in [-0.2, -0.15) is 0 Å². The maximum Gasteiger partial charge on any atom is 4.00 e. The fraction of sp³-hybridized carbons (Fsp3) is 0.577. The van der Waals surface area contributed by atoms with Crippen LogP contribution in [0.3, 0.4) is 0 Å². The van der Waals surface area contributed by atoms with Gasteiger partial charge in [0.2, 0.25) is 0 Å². The SMILES string of the molecule is CN(C)[C@@H](c1ccccc1)c1[c-]cc[c-]1P(C1CCCCC1)C1CCCCC1.CN(C)[C@@H](c1ccccc1)c1c[c-]c[c-]1P(C1CCCCC1)C1CCCCC1.[Fe+4]. The Bertz CT molecular complexity index is 1510. The normalized spacial score (nSPS) is 20.4. The van der Waals surface area contributed by atoms with E-state index in [1.807, 2.05) is 0 Å². The van der Waals surface area contributed by atoms with Crippen LogP contribution in [-0.2, 0) is 17.1 Å². The first-order chi connectivity index (χ1) is 27.5. The Morgan fingerprint density at radius 1 is 0.526 bits per heavy atom. The maximum absolute atomic E-state index is 3.72. The molecule has 0 unspecified atom stereocenters. The summed E-state index contributed by atoms with van der Waals surface area (Å²) in [6.45, 7) is 0. The van der Waals surface area contributed by atoms with Crippen molar-refractivity contribution >= 4 is 26.5 Å². The van der Waals surface area contributed by atoms with Gasteiger partial charge in [0.15, 0.2) is 0 Å². The zero-order valence-electron chi connectivity index (χ0n) is 35.8. The van der Waals surface area contributed by atoms with E-state index in [0.717, 1.165) is 22.6 Å². The van der Waals surface area contributed by atoms with E-state index in [4.69, 9.17) is 0 Å². The summed E-state index contributed by atoms with van der Waals surface area (Å²) >= 11 is 0. The molecule has 2 atom stereocenters. The third-order valence-electron chi connectivity index (χ3n) is 13.8. The molecule has 8 rings (SSSR count). The minimum atomic E-state index is -0.0814. The van der Waals surface area contributed by atoms with Gasteiger partial charge in [0.25, 0.3) is 0 Å². The van der Waals surface area contributed by atoms with Crippen LogP contribution in [0.4, 0.5) is 0 Å². The second-order valence-corrected chi connectivity index (χ2v) is 23.6. The Balaban J connectivity index is 0.000000189. The summed E-state index contributed by atoms with van der Waals surface area (Å²) in [6, 6.07) is 39.5. The van der Waals surface area contributed by atoms with Crippen LogP contribution in [0.1, 0.15) is 163 Å². The fourth-order valence-electron chi connectivity index (χ4n) is 11.2. The predicted molar refractivity (Wildman–Crippen MR) is 246 cm³/mol. The van der Waals surface area contributed by atoms with Crippen molar-refractivity contribution in [2.24, 2.45) is 0 Å². The molecule has 4 aliphatic carbocycles. The first-order valence-corrected chi connectivity index (χ1v) is 25.8. The van der Waals surface area contributed by atoms with Gasteiger partial charge in [0.05, 0.1) is 0 Å². The van der Waals surface area contributed by atoms with Gasteiger partial charge in [-0.1, -0.05) is 143 Å². The van der Waals surface area contributed by atoms with Crippen molar-refractivity contribution in [3.63, 3.8) is 0 Å². The third kappa shape index (κ3) is 11.4. The molecule has 4 saturated carbocycles. The molecule has 308 valence electrons. The number of rotatable bonds is 12. The number of hydrogen-bond donors (Lipinski definition) is 0. The van der Waals surface area contributed by atoms with E-state index in [1.54, 1.807) is 16.2 Å². The van der Waals surface area contributed by atoms with Gasteiger partial charge in [-0.3, -0.25) is 5.56 Å². The molecule has 4 aromatic rings. The average Bonchev–Trinajstić information content (AvgIpc) is 3.91. The van der Waals surface area contributed by atoms with Crippen molar-refractivity contribution in [3.05, 3.63) is 119 Å². The fourth-order valence-corrected chi connectivity index (χ4v) is 19.1. The Morgan fingerprint density at radius 3 is 1.32 bits per heavy atom. The second kappa shape index (κ2) is 22.9. The van der Waals surface area contributed by atoms with Gasteiger partial charge in [0, 0.05) is 6.04 Å². The molecular weight excluding hydrogens is 770 g/mol. The third-order valence-corrected chi connectivity index (χ3v) is 20.9. The number of hydrogen-bond acceptors (Lipinski definition) is 2. The van der Waals surface area contributed by atoms with E-state index in [9.17, 15) is 0 Å². The van der Waals surface area contributed by atoms with Gasteiger partial charge in [-0.25, -0.2) is 15.8 Å². The van der Waals surface area contributed by atoms with E-state index >= 15 is 0 Å². The topological polar surface area (TPSA) is 6.48 Å². The van der Waals surface area contributed by atoms with E-state index in [1.165, 1.54) is 145 Å². The molecule has 4 aromatic carbocycles. The Labute approximate surface area is 362 Å². The van der Waals surface area contributed by atoms with Crippen LogP contribution in [-0.4, -0.2) is 60.6 Å². The van der Waals surface area contributed by atoms with Gasteiger partial charge in [-0.15, -0.1) is 0 Å². The van der Waals surface area contributed by atoms with Crippen LogP contribution in [0, 0.1) is 12.1 Å². The van der Waals surface area contributed by atoms with Gasteiger partial charge < -0.3 is 62.4 Å². The molecule has 0 amide bonds. The Kier molecular flexibility index (Phi) is 18.1. The second-order valence-electron chi connectivity index (χ2n) is 18.1. The Morgan fingerprint density at radius 2 is 0.912 bits per heavy atom. The van der Waals surface area contributed by atoms with E-state index < -0.39 is 0 Å². The molecular formula is C52H72FeN2P2. The number of benzene rings is 2. The Hall–Kier alpha value is -1.56. The summed E-state index contributed by atoms with van der Waals surface area (Å²) in [5, 5.41) is 3.38. The minimum Gasteiger partial charge on any atom is -0.369 e. The molecule has 5 heteroatoms. The van der Waals surface area contributed by atoms with E-state index in [0.29, 0.717) is 12.1 Å². The zero-order chi connectivity index (χ0) is 38.7. The molecule has 0 saturated heterocycles. The molecule has 0 spiro atoms. The van der Waals surface area contributed by atoms with Gasteiger partial charge in [-0.05, 0) is 114 Å². The largest absolute Gasteiger partial charge is 4.00 e. The van der Waals surface area contributed by atoms with E-state index in [2.05, 4.69) is 135 Å². The van der Waals surface area contributed by atoms with Crippen molar-refractivity contribution in [2.45, 2.75) is 163 Å². The molecule has 0 radical (unpaired) electrons. The molecule has 0 aliphatic heterocycles. The summed E-state index contributed by atoms with van der Waals surface area (Å²) in [5.41, 5.74) is 9.60. The molecule has 0 heterocycles. The van der Waals surface area contributed by atoms with Crippen molar-refractivity contribution < 1.29 is 17.1 Å². The van der Waals surface area contributed by atoms with Crippen LogP contribution in [0.15, 0.2) is 84.9 Å². The van der Waals surface area contributed by atoms with Crippen LogP contribution in [0.5, 0.6) is 0 Å². The molecule has 57 heavy (non-hydrogen) atoms.